The first-order valence-electron chi connectivity index (χ1n) is 14.7. The Hall–Kier alpha value is -3.46. The summed E-state index contributed by atoms with van der Waals surface area (Å²) in [7, 11) is 2.12. The van der Waals surface area contributed by atoms with Crippen molar-refractivity contribution in [2.45, 2.75) is 81.1 Å². The van der Waals surface area contributed by atoms with Gasteiger partial charge in [0, 0.05) is 10.9 Å². The number of aryl methyl sites for hydroxylation is 2. The average molecular weight is 532 g/mol. The second-order valence-corrected chi connectivity index (χ2v) is 14.7. The van der Waals surface area contributed by atoms with Crippen LogP contribution in [0.5, 0.6) is 11.5 Å². The van der Waals surface area contributed by atoms with Gasteiger partial charge in [-0.15, -0.1) is 0 Å². The summed E-state index contributed by atoms with van der Waals surface area (Å²) in [6, 6.07) is 16.0. The first-order valence-corrected chi connectivity index (χ1v) is 14.7. The molecule has 0 amide bonds. The molecule has 0 saturated heterocycles. The first-order chi connectivity index (χ1) is 18.7. The Labute approximate surface area is 239 Å². The van der Waals surface area contributed by atoms with Crippen LogP contribution in [0, 0.1) is 17.8 Å². The molecule has 5 aromatic rings. The number of hydrogen-bond acceptors (Lipinski definition) is 2. The molecule has 206 valence electrons. The Kier molecular flexibility index (Phi) is 6.04. The van der Waals surface area contributed by atoms with Crippen LogP contribution in [-0.2, 0) is 19.9 Å². The van der Waals surface area contributed by atoms with Gasteiger partial charge in [-0.2, -0.15) is 0 Å². The van der Waals surface area contributed by atoms with E-state index in [1.165, 1.54) is 55.1 Å². The molecule has 1 aliphatic rings. The molecule has 1 aromatic heterocycles. The minimum absolute atomic E-state index is 0.105. The van der Waals surface area contributed by atoms with Crippen LogP contribution in [0.1, 0.15) is 83.6 Å². The van der Waals surface area contributed by atoms with E-state index < -0.39 is 0 Å². The Bertz CT molecular complexity index is 1830. The van der Waals surface area contributed by atoms with Crippen LogP contribution in [0.25, 0.3) is 43.7 Å². The lowest BCUT2D eigenvalue weighted by Crippen LogP contribution is -2.33. The fraction of sp³-hybridized carbons (Fsp3) is 0.405. The van der Waals surface area contributed by atoms with E-state index >= 15 is 0 Å². The van der Waals surface area contributed by atoms with E-state index in [4.69, 9.17) is 9.72 Å². The van der Waals surface area contributed by atoms with Gasteiger partial charge in [-0.3, -0.25) is 0 Å². The maximum atomic E-state index is 7.07. The zero-order valence-corrected chi connectivity index (χ0v) is 25.9. The minimum atomic E-state index is 0.105. The van der Waals surface area contributed by atoms with Gasteiger partial charge in [0.05, 0.1) is 12.6 Å². The van der Waals surface area contributed by atoms with Crippen LogP contribution in [0.4, 0.5) is 0 Å². The summed E-state index contributed by atoms with van der Waals surface area (Å²) in [5.74, 6) is 2.34. The average Bonchev–Trinajstić information content (AvgIpc) is 2.85. The molecule has 2 heterocycles. The van der Waals surface area contributed by atoms with Crippen molar-refractivity contribution in [2.75, 3.05) is 0 Å². The van der Waals surface area contributed by atoms with Gasteiger partial charge in [0.1, 0.15) is 16.9 Å². The number of aromatic nitrogens is 2. The molecule has 3 nitrogen and oxygen atoms in total. The number of benzene rings is 4. The Morgan fingerprint density at radius 2 is 1.57 bits per heavy atom. The van der Waals surface area contributed by atoms with Gasteiger partial charge in [-0.05, 0) is 86.5 Å². The van der Waals surface area contributed by atoms with Gasteiger partial charge in [0.25, 0.3) is 6.33 Å². The maximum absolute atomic E-state index is 7.07. The van der Waals surface area contributed by atoms with Crippen molar-refractivity contribution in [3.63, 3.8) is 0 Å². The van der Waals surface area contributed by atoms with Crippen molar-refractivity contribution in [1.29, 1.82) is 0 Å². The highest BCUT2D eigenvalue weighted by molar-refractivity contribution is 6.15. The smallest absolute Gasteiger partial charge is 0.287 e. The lowest BCUT2D eigenvalue weighted by Gasteiger charge is -2.29. The zero-order chi connectivity index (χ0) is 28.7. The summed E-state index contributed by atoms with van der Waals surface area (Å²) in [5.41, 5.74) is 9.07. The predicted molar refractivity (Wildman–Crippen MR) is 169 cm³/mol. The SMILES string of the molecule is Cc1c2c(c(CC(C)(C)C)c3ccc(CC(C)(C)C)cc13)Oc1cc3c(C(C)C)cccc3c3nc[n+](C)c-2c13. The molecule has 0 aliphatic carbocycles. The molecule has 40 heavy (non-hydrogen) atoms. The third kappa shape index (κ3) is 4.35. The summed E-state index contributed by atoms with van der Waals surface area (Å²) in [6.07, 6.45) is 3.97. The van der Waals surface area contributed by atoms with Crippen LogP contribution in [0.3, 0.4) is 0 Å². The van der Waals surface area contributed by atoms with E-state index in [0.29, 0.717) is 5.92 Å². The number of rotatable bonds is 3. The molecule has 6 rings (SSSR count). The zero-order valence-electron chi connectivity index (χ0n) is 25.9. The van der Waals surface area contributed by atoms with E-state index in [2.05, 4.69) is 116 Å². The van der Waals surface area contributed by atoms with Gasteiger partial charge < -0.3 is 4.74 Å². The molecule has 1 aliphatic heterocycles. The number of hydrogen-bond donors (Lipinski definition) is 0. The van der Waals surface area contributed by atoms with Crippen molar-refractivity contribution in [3.8, 4) is 22.8 Å². The molecule has 0 bridgehead atoms. The second-order valence-electron chi connectivity index (χ2n) is 14.7. The number of nitrogens with zero attached hydrogens (tertiary/aromatic N) is 2. The monoisotopic (exact) mass is 531 g/mol. The summed E-state index contributed by atoms with van der Waals surface area (Å²) in [4.78, 5) is 5.00. The summed E-state index contributed by atoms with van der Waals surface area (Å²) in [6.45, 7) is 20.7. The van der Waals surface area contributed by atoms with Gasteiger partial charge in [-0.1, -0.05) is 85.7 Å². The third-order valence-electron chi connectivity index (χ3n) is 8.30. The summed E-state index contributed by atoms with van der Waals surface area (Å²) in [5, 5.41) is 6.18. The van der Waals surface area contributed by atoms with Crippen molar-refractivity contribution < 1.29 is 9.30 Å². The molecule has 0 atom stereocenters. The fourth-order valence-corrected chi connectivity index (χ4v) is 6.71. The lowest BCUT2D eigenvalue weighted by atomic mass is 9.80. The summed E-state index contributed by atoms with van der Waals surface area (Å²) < 4.78 is 9.27. The van der Waals surface area contributed by atoms with E-state index in [1.54, 1.807) is 0 Å². The topological polar surface area (TPSA) is 26.0 Å². The minimum Gasteiger partial charge on any atom is -0.455 e. The standard InChI is InChI=1S/C37H43N2O/c1-21(2)24-12-11-13-26-28(24)17-30-32-33(26)38-20-39(10)34(32)31-22(3)27-16-23(18-36(4,5)6)14-15-25(27)29(35(31)40-30)19-37(7,8)9/h11-17,20-21H,18-19H2,1-10H3/q+1. The quantitative estimate of drug-likeness (QED) is 0.168. The van der Waals surface area contributed by atoms with E-state index in [9.17, 15) is 0 Å². The Morgan fingerprint density at radius 1 is 0.850 bits per heavy atom. The summed E-state index contributed by atoms with van der Waals surface area (Å²) >= 11 is 0. The highest BCUT2D eigenvalue weighted by Gasteiger charge is 2.34. The van der Waals surface area contributed by atoms with Crippen LogP contribution in [-0.4, -0.2) is 4.98 Å². The molecular weight excluding hydrogens is 488 g/mol. The first kappa shape index (κ1) is 26.7. The molecular formula is C37H43N2O+. The van der Waals surface area contributed by atoms with Crippen LogP contribution >= 0.6 is 0 Å². The van der Waals surface area contributed by atoms with Crippen molar-refractivity contribution in [2.24, 2.45) is 17.9 Å². The molecule has 4 aromatic carbocycles. The normalized spacial score (nSPS) is 13.4. The van der Waals surface area contributed by atoms with E-state index in [1.807, 2.05) is 6.33 Å². The molecule has 0 unspecified atom stereocenters. The van der Waals surface area contributed by atoms with E-state index in [-0.39, 0.29) is 10.8 Å². The van der Waals surface area contributed by atoms with Gasteiger partial charge in [-0.25, -0.2) is 4.57 Å². The highest BCUT2D eigenvalue weighted by atomic mass is 16.5. The molecule has 0 saturated carbocycles. The van der Waals surface area contributed by atoms with E-state index in [0.717, 1.165) is 35.2 Å². The van der Waals surface area contributed by atoms with Gasteiger partial charge in [0.2, 0.25) is 0 Å². The van der Waals surface area contributed by atoms with Crippen LogP contribution in [0.15, 0.2) is 48.8 Å². The largest absolute Gasteiger partial charge is 0.455 e. The van der Waals surface area contributed by atoms with Crippen LogP contribution < -0.4 is 9.30 Å². The molecule has 0 spiro atoms. The molecule has 0 N–H and O–H groups in total. The van der Waals surface area contributed by atoms with Crippen molar-refractivity contribution in [3.05, 3.63) is 71.0 Å². The van der Waals surface area contributed by atoms with Crippen LogP contribution in [0.2, 0.25) is 0 Å². The van der Waals surface area contributed by atoms with Gasteiger partial charge in [0.15, 0.2) is 11.2 Å². The third-order valence-corrected chi connectivity index (χ3v) is 8.30. The second kappa shape index (κ2) is 9.03. The maximum Gasteiger partial charge on any atom is 0.287 e. The Morgan fingerprint density at radius 3 is 2.25 bits per heavy atom. The van der Waals surface area contributed by atoms with Crippen molar-refractivity contribution in [1.82, 2.24) is 4.98 Å². The van der Waals surface area contributed by atoms with Crippen molar-refractivity contribution >= 4 is 32.4 Å². The number of fused-ring (bicyclic) bond motifs is 5. The molecule has 3 heteroatoms. The fourth-order valence-electron chi connectivity index (χ4n) is 6.71. The molecule has 0 fully saturated rings. The predicted octanol–water partition coefficient (Wildman–Crippen LogP) is 9.75. The highest BCUT2D eigenvalue weighted by Crippen LogP contribution is 2.53. The lowest BCUT2D eigenvalue weighted by molar-refractivity contribution is -0.662. The number of ether oxygens (including phenoxy) is 1. The van der Waals surface area contributed by atoms with Gasteiger partial charge >= 0.3 is 0 Å². The molecule has 0 radical (unpaired) electrons. The Balaban J connectivity index is 1.75.